The first kappa shape index (κ1) is 23.3. The lowest BCUT2D eigenvalue weighted by Crippen LogP contribution is -2.42. The van der Waals surface area contributed by atoms with E-state index < -0.39 is 4.92 Å². The molecule has 2 heterocycles. The smallest absolute Gasteiger partial charge is 0.270 e. The van der Waals surface area contributed by atoms with Gasteiger partial charge in [0.05, 0.1) is 28.4 Å². The van der Waals surface area contributed by atoms with Crippen LogP contribution in [0.15, 0.2) is 42.5 Å². The van der Waals surface area contributed by atoms with Crippen LogP contribution in [0, 0.1) is 17.0 Å². The van der Waals surface area contributed by atoms with Crippen LogP contribution in [0.4, 0.5) is 10.8 Å². The third-order valence-corrected chi connectivity index (χ3v) is 6.62. The molecule has 0 unspecified atom stereocenters. The molecule has 1 aliphatic rings. The number of nitro groups is 1. The van der Waals surface area contributed by atoms with Crippen LogP contribution < -0.4 is 4.90 Å². The van der Waals surface area contributed by atoms with E-state index in [0.29, 0.717) is 42.0 Å². The van der Waals surface area contributed by atoms with E-state index in [-0.39, 0.29) is 11.6 Å². The number of carbonyl (C=O) groups is 1. The number of anilines is 1. The molecule has 8 nitrogen and oxygen atoms in total. The van der Waals surface area contributed by atoms with E-state index in [0.717, 1.165) is 28.9 Å². The van der Waals surface area contributed by atoms with Gasteiger partial charge in [0.25, 0.3) is 11.6 Å². The zero-order valence-corrected chi connectivity index (χ0v) is 19.6. The maximum absolute atomic E-state index is 13.2. The summed E-state index contributed by atoms with van der Waals surface area (Å²) in [6, 6.07) is 9.88. The lowest BCUT2D eigenvalue weighted by molar-refractivity contribution is -0.384. The number of benzene rings is 2. The van der Waals surface area contributed by atoms with Crippen LogP contribution >= 0.6 is 22.9 Å². The third kappa shape index (κ3) is 5.75. The van der Waals surface area contributed by atoms with E-state index in [1.165, 1.54) is 29.5 Å². The first-order chi connectivity index (χ1) is 15.9. The highest BCUT2D eigenvalue weighted by Crippen LogP contribution is 2.33. The summed E-state index contributed by atoms with van der Waals surface area (Å²) in [6.45, 7) is 6.10. The van der Waals surface area contributed by atoms with Gasteiger partial charge in [-0.05, 0) is 36.3 Å². The monoisotopic (exact) mass is 486 g/mol. The largest absolute Gasteiger partial charge is 0.379 e. The molecule has 1 aliphatic heterocycles. The topological polar surface area (TPSA) is 88.8 Å². The van der Waals surface area contributed by atoms with E-state index in [1.54, 1.807) is 23.1 Å². The van der Waals surface area contributed by atoms with Gasteiger partial charge in [0.1, 0.15) is 0 Å². The quantitative estimate of drug-likeness (QED) is 0.276. The minimum Gasteiger partial charge on any atom is -0.379 e. The second-order valence-corrected chi connectivity index (χ2v) is 9.14. The number of non-ortho nitro benzene ring substituents is 1. The Hall–Kier alpha value is -2.85. The van der Waals surface area contributed by atoms with Crippen molar-refractivity contribution in [3.05, 3.63) is 68.7 Å². The molecule has 33 heavy (non-hydrogen) atoms. The predicted molar refractivity (Wildman–Crippen MR) is 131 cm³/mol. The third-order valence-electron chi connectivity index (χ3n) is 5.38. The van der Waals surface area contributed by atoms with Crippen LogP contribution in [-0.2, 0) is 9.53 Å². The minimum atomic E-state index is -0.456. The van der Waals surface area contributed by atoms with Crippen LogP contribution in [0.25, 0.3) is 16.3 Å². The summed E-state index contributed by atoms with van der Waals surface area (Å²) in [5.74, 6) is -0.238. The lowest BCUT2D eigenvalue weighted by atomic mass is 10.2. The molecular formula is C23H23ClN4O4S. The van der Waals surface area contributed by atoms with Crippen molar-refractivity contribution in [1.82, 2.24) is 9.88 Å². The van der Waals surface area contributed by atoms with Crippen LogP contribution in [0.3, 0.4) is 0 Å². The summed E-state index contributed by atoms with van der Waals surface area (Å²) in [5.41, 5.74) is 2.34. The number of aryl methyl sites for hydroxylation is 1. The van der Waals surface area contributed by atoms with E-state index in [4.69, 9.17) is 21.3 Å². The van der Waals surface area contributed by atoms with Crippen molar-refractivity contribution in [2.45, 2.75) is 6.92 Å². The van der Waals surface area contributed by atoms with Gasteiger partial charge in [0, 0.05) is 49.4 Å². The number of rotatable bonds is 7. The van der Waals surface area contributed by atoms with Crippen molar-refractivity contribution < 1.29 is 14.5 Å². The second kappa shape index (κ2) is 10.4. The van der Waals surface area contributed by atoms with E-state index in [9.17, 15) is 14.9 Å². The van der Waals surface area contributed by atoms with Crippen LogP contribution in [0.1, 0.15) is 11.1 Å². The molecule has 0 spiro atoms. The predicted octanol–water partition coefficient (Wildman–Crippen LogP) is 4.54. The van der Waals surface area contributed by atoms with Crippen molar-refractivity contribution in [2.24, 2.45) is 0 Å². The summed E-state index contributed by atoms with van der Waals surface area (Å²) in [5, 5.41) is 12.3. The number of nitro benzene ring substituents is 1. The highest BCUT2D eigenvalue weighted by Gasteiger charge is 2.21. The number of nitrogens with zero attached hydrogens (tertiary/aromatic N) is 4. The number of ether oxygens (including phenoxy) is 1. The zero-order valence-electron chi connectivity index (χ0n) is 18.1. The Bertz CT molecular complexity index is 1210. The number of hydrogen-bond donors (Lipinski definition) is 0. The van der Waals surface area contributed by atoms with Crippen molar-refractivity contribution in [1.29, 1.82) is 0 Å². The van der Waals surface area contributed by atoms with Crippen molar-refractivity contribution >= 4 is 56.0 Å². The van der Waals surface area contributed by atoms with E-state index in [1.807, 2.05) is 19.1 Å². The zero-order chi connectivity index (χ0) is 23.4. The molecule has 0 radical (unpaired) electrons. The SMILES string of the molecule is Cc1cc(Cl)cc2sc(N(CCN3CCOCC3)C(=O)C=Cc3cccc([N+](=O)[O-])c3)nc12. The molecule has 1 saturated heterocycles. The van der Waals surface area contributed by atoms with Gasteiger partial charge in [-0.25, -0.2) is 4.98 Å². The molecule has 0 bridgehead atoms. The number of fused-ring (bicyclic) bond motifs is 1. The molecular weight excluding hydrogens is 464 g/mol. The molecule has 1 aromatic heterocycles. The maximum atomic E-state index is 13.2. The maximum Gasteiger partial charge on any atom is 0.270 e. The van der Waals surface area contributed by atoms with Gasteiger partial charge in [0.2, 0.25) is 0 Å². The molecule has 1 amide bonds. The summed E-state index contributed by atoms with van der Waals surface area (Å²) in [4.78, 5) is 32.5. The number of hydrogen-bond acceptors (Lipinski definition) is 7. The van der Waals surface area contributed by atoms with Gasteiger partial charge < -0.3 is 4.74 Å². The number of thiazole rings is 1. The highest BCUT2D eigenvalue weighted by molar-refractivity contribution is 7.22. The number of carbonyl (C=O) groups excluding carboxylic acids is 1. The van der Waals surface area contributed by atoms with Gasteiger partial charge in [0.15, 0.2) is 5.13 Å². The first-order valence-electron chi connectivity index (χ1n) is 10.5. The number of morpholine rings is 1. The standard InChI is InChI=1S/C23H23ClN4O4S/c1-16-13-18(24)15-20-22(16)25-23(33-20)27(8-7-26-9-11-32-12-10-26)21(29)6-5-17-3-2-4-19(14-17)28(30)31/h2-6,13-15H,7-12H2,1H3. The van der Waals surface area contributed by atoms with Gasteiger partial charge in [-0.1, -0.05) is 35.1 Å². The molecule has 0 saturated carbocycles. The van der Waals surface area contributed by atoms with Crippen molar-refractivity contribution in [2.75, 3.05) is 44.3 Å². The average Bonchev–Trinajstić information content (AvgIpc) is 3.22. The minimum absolute atomic E-state index is 0.0210. The fourth-order valence-corrected chi connectivity index (χ4v) is 5.08. The van der Waals surface area contributed by atoms with Gasteiger partial charge in [-0.15, -0.1) is 0 Å². The van der Waals surface area contributed by atoms with Crippen molar-refractivity contribution in [3.8, 4) is 0 Å². The fraction of sp³-hybridized carbons (Fsp3) is 0.304. The van der Waals surface area contributed by atoms with Gasteiger partial charge in [-0.3, -0.25) is 24.7 Å². The van der Waals surface area contributed by atoms with Crippen molar-refractivity contribution in [3.63, 3.8) is 0 Å². The Morgan fingerprint density at radius 2 is 2.12 bits per heavy atom. The fourth-order valence-electron chi connectivity index (χ4n) is 3.62. The van der Waals surface area contributed by atoms with Crippen LogP contribution in [-0.4, -0.2) is 60.1 Å². The average molecular weight is 487 g/mol. The molecule has 172 valence electrons. The number of halogens is 1. The van der Waals surface area contributed by atoms with Crippen LogP contribution in [0.2, 0.25) is 5.02 Å². The Kier molecular flexibility index (Phi) is 7.34. The molecule has 0 N–H and O–H groups in total. The molecule has 0 aliphatic carbocycles. The van der Waals surface area contributed by atoms with E-state index in [2.05, 4.69) is 4.90 Å². The van der Waals surface area contributed by atoms with Gasteiger partial charge >= 0.3 is 0 Å². The molecule has 10 heteroatoms. The Morgan fingerprint density at radius 1 is 1.33 bits per heavy atom. The molecule has 2 aromatic carbocycles. The summed E-state index contributed by atoms with van der Waals surface area (Å²) in [6.07, 6.45) is 3.02. The summed E-state index contributed by atoms with van der Waals surface area (Å²) >= 11 is 7.63. The lowest BCUT2D eigenvalue weighted by Gasteiger charge is -2.28. The Morgan fingerprint density at radius 3 is 2.88 bits per heavy atom. The Labute approximate surface area is 200 Å². The van der Waals surface area contributed by atoms with E-state index >= 15 is 0 Å². The first-order valence-corrected chi connectivity index (χ1v) is 11.7. The molecule has 4 rings (SSSR count). The van der Waals surface area contributed by atoms with Crippen LogP contribution in [0.5, 0.6) is 0 Å². The highest BCUT2D eigenvalue weighted by atomic mass is 35.5. The molecule has 3 aromatic rings. The summed E-state index contributed by atoms with van der Waals surface area (Å²) in [7, 11) is 0. The molecule has 1 fully saturated rings. The number of aromatic nitrogens is 1. The Balaban J connectivity index is 1.60. The summed E-state index contributed by atoms with van der Waals surface area (Å²) < 4.78 is 6.33. The number of amides is 1. The van der Waals surface area contributed by atoms with Gasteiger partial charge in [-0.2, -0.15) is 0 Å². The second-order valence-electron chi connectivity index (χ2n) is 7.70. The molecule has 0 atom stereocenters. The normalized spacial score (nSPS) is 14.7.